The van der Waals surface area contributed by atoms with Gasteiger partial charge in [0.25, 0.3) is 0 Å². The van der Waals surface area contributed by atoms with Crippen LogP contribution in [0.25, 0.3) is 6.08 Å². The van der Waals surface area contributed by atoms with Gasteiger partial charge >= 0.3 is 0 Å². The van der Waals surface area contributed by atoms with Gasteiger partial charge in [0.1, 0.15) is 5.60 Å². The topological polar surface area (TPSA) is 75.7 Å². The number of hydrogen-bond acceptors (Lipinski definition) is 5. The van der Waals surface area contributed by atoms with Crippen molar-refractivity contribution in [2.75, 3.05) is 32.5 Å². The molecule has 2 aliphatic rings. The van der Waals surface area contributed by atoms with Crippen molar-refractivity contribution >= 4 is 33.3 Å². The number of sulfonamides is 1. The number of nitrogens with one attached hydrogen (secondary N) is 1. The number of nitrogens with zero attached hydrogens (tertiary/aromatic N) is 1. The quantitative estimate of drug-likeness (QED) is 0.767. The van der Waals surface area contributed by atoms with Crippen LogP contribution in [0, 0.1) is 5.92 Å². The zero-order chi connectivity index (χ0) is 17.2. The maximum Gasteiger partial charge on any atom is 0.246 e. The average Bonchev–Trinajstić information content (AvgIpc) is 3.11. The molecule has 0 aliphatic carbocycles. The zero-order valence-corrected chi connectivity index (χ0v) is 15.2. The van der Waals surface area contributed by atoms with Gasteiger partial charge in [-0.1, -0.05) is 6.07 Å². The summed E-state index contributed by atoms with van der Waals surface area (Å²) in [5.41, 5.74) is -0.286. The Bertz CT molecular complexity index is 706. The Hall–Kier alpha value is -1.22. The first-order valence-corrected chi connectivity index (χ1v) is 10.7. The molecule has 6 nitrogen and oxygen atoms in total. The highest BCUT2D eigenvalue weighted by Crippen LogP contribution is 2.41. The van der Waals surface area contributed by atoms with E-state index in [9.17, 15) is 13.2 Å². The number of ether oxygens (including phenoxy) is 1. The van der Waals surface area contributed by atoms with Crippen molar-refractivity contribution in [2.24, 2.45) is 5.92 Å². The van der Waals surface area contributed by atoms with Crippen molar-refractivity contribution in [3.05, 3.63) is 28.5 Å². The Kier molecular flexibility index (Phi) is 5.10. The first-order chi connectivity index (χ1) is 11.4. The number of carbonyl (C=O) groups is 1. The number of rotatable bonds is 6. The van der Waals surface area contributed by atoms with E-state index in [1.54, 1.807) is 22.3 Å². The Morgan fingerprint density at radius 3 is 3.00 bits per heavy atom. The molecule has 24 heavy (non-hydrogen) atoms. The van der Waals surface area contributed by atoms with Crippen molar-refractivity contribution in [3.63, 3.8) is 0 Å². The summed E-state index contributed by atoms with van der Waals surface area (Å²) in [7, 11) is -3.16. The van der Waals surface area contributed by atoms with Gasteiger partial charge in [-0.2, -0.15) is 0 Å². The van der Waals surface area contributed by atoms with Crippen molar-refractivity contribution in [2.45, 2.75) is 18.4 Å². The second-order valence-corrected chi connectivity index (χ2v) is 9.21. The summed E-state index contributed by atoms with van der Waals surface area (Å²) in [5.74, 6) is 0.287. The fourth-order valence-corrected chi connectivity index (χ4v) is 4.47. The van der Waals surface area contributed by atoms with E-state index >= 15 is 0 Å². The van der Waals surface area contributed by atoms with Crippen LogP contribution in [0.1, 0.15) is 17.7 Å². The van der Waals surface area contributed by atoms with E-state index in [4.69, 9.17) is 4.74 Å². The summed E-state index contributed by atoms with van der Waals surface area (Å²) in [5, 5.41) is 1.98. The van der Waals surface area contributed by atoms with Gasteiger partial charge in [-0.15, -0.1) is 11.3 Å². The van der Waals surface area contributed by atoms with Crippen molar-refractivity contribution in [1.82, 2.24) is 9.62 Å². The number of thiophene rings is 1. The largest absolute Gasteiger partial charge is 0.371 e. The Morgan fingerprint density at radius 1 is 1.54 bits per heavy atom. The predicted molar refractivity (Wildman–Crippen MR) is 94.2 cm³/mol. The molecule has 2 saturated heterocycles. The van der Waals surface area contributed by atoms with Gasteiger partial charge in [0.05, 0.1) is 19.3 Å². The van der Waals surface area contributed by atoms with Gasteiger partial charge in [-0.3, -0.25) is 4.79 Å². The van der Waals surface area contributed by atoms with E-state index in [1.807, 2.05) is 23.6 Å². The minimum absolute atomic E-state index is 0.00228. The zero-order valence-electron chi connectivity index (χ0n) is 13.6. The van der Waals surface area contributed by atoms with E-state index in [1.165, 1.54) is 0 Å². The fraction of sp³-hybridized carbons (Fsp3) is 0.562. The van der Waals surface area contributed by atoms with Crippen LogP contribution in [0.15, 0.2) is 23.6 Å². The lowest BCUT2D eigenvalue weighted by Crippen LogP contribution is -2.66. The van der Waals surface area contributed by atoms with Crippen molar-refractivity contribution < 1.29 is 17.9 Å². The lowest BCUT2D eigenvalue weighted by atomic mass is 9.79. The number of likely N-dealkylation sites (tertiary alicyclic amines) is 1. The van der Waals surface area contributed by atoms with Gasteiger partial charge < -0.3 is 9.64 Å². The lowest BCUT2D eigenvalue weighted by Gasteiger charge is -2.50. The van der Waals surface area contributed by atoms with Crippen LogP contribution in [-0.4, -0.2) is 57.3 Å². The first-order valence-electron chi connectivity index (χ1n) is 7.97. The molecule has 2 fully saturated rings. The van der Waals surface area contributed by atoms with E-state index in [-0.39, 0.29) is 17.4 Å². The molecule has 1 spiro atoms. The third-order valence-electron chi connectivity index (χ3n) is 4.62. The molecule has 1 amide bonds. The Balaban J connectivity index is 1.50. The van der Waals surface area contributed by atoms with E-state index in [0.29, 0.717) is 26.2 Å². The summed E-state index contributed by atoms with van der Waals surface area (Å²) in [6.45, 7) is 2.27. The molecule has 3 rings (SSSR count). The molecular weight excluding hydrogens is 348 g/mol. The molecule has 1 N–H and O–H groups in total. The van der Waals surface area contributed by atoms with Crippen LogP contribution in [0.4, 0.5) is 0 Å². The van der Waals surface area contributed by atoms with Gasteiger partial charge in [-0.05, 0) is 36.3 Å². The maximum atomic E-state index is 12.2. The Morgan fingerprint density at radius 2 is 2.33 bits per heavy atom. The number of amides is 1. The number of carbonyl (C=O) groups excluding carboxylic acids is 1. The molecule has 3 heterocycles. The molecule has 1 aromatic heterocycles. The van der Waals surface area contributed by atoms with E-state index < -0.39 is 10.0 Å². The summed E-state index contributed by atoms with van der Waals surface area (Å²) >= 11 is 1.59. The van der Waals surface area contributed by atoms with Crippen LogP contribution in [-0.2, 0) is 19.6 Å². The molecule has 0 radical (unpaired) electrons. The third-order valence-corrected chi connectivity index (χ3v) is 6.18. The molecule has 2 aliphatic heterocycles. The smallest absolute Gasteiger partial charge is 0.246 e. The fourth-order valence-electron chi connectivity index (χ4n) is 3.36. The summed E-state index contributed by atoms with van der Waals surface area (Å²) in [4.78, 5) is 15.0. The molecule has 0 saturated carbocycles. The summed E-state index contributed by atoms with van der Waals surface area (Å²) in [6.07, 6.45) is 6.26. The maximum absolute atomic E-state index is 12.2. The van der Waals surface area contributed by atoms with Crippen LogP contribution in [0.2, 0.25) is 0 Å². The molecule has 132 valence electrons. The van der Waals surface area contributed by atoms with Crippen LogP contribution < -0.4 is 4.72 Å². The molecule has 0 unspecified atom stereocenters. The number of hydrogen-bond donors (Lipinski definition) is 1. The SMILES string of the molecule is CS(=O)(=O)NCC[C@@H]1CCOC12CN(C(=O)/C=C/c1cccs1)C2. The second-order valence-electron chi connectivity index (χ2n) is 6.40. The minimum Gasteiger partial charge on any atom is -0.371 e. The molecular formula is C16H22N2O4S2. The average molecular weight is 370 g/mol. The van der Waals surface area contributed by atoms with Crippen molar-refractivity contribution in [1.29, 1.82) is 0 Å². The van der Waals surface area contributed by atoms with Crippen LogP contribution >= 0.6 is 11.3 Å². The van der Waals surface area contributed by atoms with Crippen molar-refractivity contribution in [3.8, 4) is 0 Å². The standard InChI is InChI=1S/C16H22N2O4S2/c1-24(20,21)17-8-6-13-7-9-22-16(13)11-18(12-16)15(19)5-4-14-3-2-10-23-14/h2-5,10,13,17H,6-9,11-12H2,1H3/b5-4+/t13-/m1/s1. The normalized spacial score (nSPS) is 23.0. The first kappa shape index (κ1) is 17.6. The van der Waals surface area contributed by atoms with E-state index in [2.05, 4.69) is 4.72 Å². The van der Waals surface area contributed by atoms with Gasteiger partial charge in [0.15, 0.2) is 0 Å². The highest BCUT2D eigenvalue weighted by atomic mass is 32.2. The Labute approximate surface area is 146 Å². The van der Waals surface area contributed by atoms with Gasteiger partial charge in [0, 0.05) is 24.1 Å². The molecule has 1 aromatic rings. The molecule has 0 aromatic carbocycles. The van der Waals surface area contributed by atoms with Crippen LogP contribution in [0.5, 0.6) is 0 Å². The molecule has 8 heteroatoms. The summed E-state index contributed by atoms with van der Waals surface area (Å²) in [6, 6.07) is 3.92. The highest BCUT2D eigenvalue weighted by molar-refractivity contribution is 7.88. The third kappa shape index (κ3) is 4.05. The highest BCUT2D eigenvalue weighted by Gasteiger charge is 2.53. The molecule has 1 atom stereocenters. The lowest BCUT2D eigenvalue weighted by molar-refractivity contribution is -0.160. The predicted octanol–water partition coefficient (Wildman–Crippen LogP) is 1.32. The van der Waals surface area contributed by atoms with E-state index in [0.717, 1.165) is 24.0 Å². The van der Waals surface area contributed by atoms with Gasteiger partial charge in [0.2, 0.25) is 15.9 Å². The second kappa shape index (κ2) is 6.95. The minimum atomic E-state index is -3.16. The molecule has 0 bridgehead atoms. The van der Waals surface area contributed by atoms with Crippen LogP contribution in [0.3, 0.4) is 0 Å². The monoisotopic (exact) mass is 370 g/mol. The summed E-state index contributed by atoms with van der Waals surface area (Å²) < 4.78 is 30.8. The van der Waals surface area contributed by atoms with Gasteiger partial charge in [-0.25, -0.2) is 13.1 Å².